The number of phenolic OH excluding ortho intramolecular Hbond substituents is 1. The minimum atomic E-state index is -0.315. The van der Waals surface area contributed by atoms with Crippen molar-refractivity contribution >= 4 is 29.9 Å². The van der Waals surface area contributed by atoms with Gasteiger partial charge in [-0.15, -0.1) is 24.0 Å². The van der Waals surface area contributed by atoms with Gasteiger partial charge in [0.2, 0.25) is 0 Å². The van der Waals surface area contributed by atoms with Gasteiger partial charge in [0.15, 0.2) is 17.5 Å². The van der Waals surface area contributed by atoms with Crippen LogP contribution >= 0.6 is 24.0 Å². The van der Waals surface area contributed by atoms with E-state index in [9.17, 15) is 9.50 Å². The van der Waals surface area contributed by atoms with E-state index >= 15 is 0 Å². The van der Waals surface area contributed by atoms with Gasteiger partial charge in [0.05, 0.1) is 13.7 Å². The third-order valence-corrected chi connectivity index (χ3v) is 5.23. The average Bonchev–Trinajstić information content (AvgIpc) is 2.74. The Labute approximate surface area is 200 Å². The number of ether oxygens (including phenoxy) is 1. The summed E-state index contributed by atoms with van der Waals surface area (Å²) in [7, 11) is 1.48. The molecule has 170 valence electrons. The first-order valence-electron chi connectivity index (χ1n) is 10.4. The van der Waals surface area contributed by atoms with Crippen molar-refractivity contribution in [2.24, 2.45) is 4.99 Å². The molecule has 0 spiro atoms. The highest BCUT2D eigenvalue weighted by molar-refractivity contribution is 14.0. The molecular formula is C23H32FIN4O2. The van der Waals surface area contributed by atoms with Gasteiger partial charge in [-0.25, -0.2) is 9.38 Å². The molecule has 2 aromatic rings. The topological polar surface area (TPSA) is 69.1 Å². The summed E-state index contributed by atoms with van der Waals surface area (Å²) in [4.78, 5) is 6.99. The summed E-state index contributed by atoms with van der Waals surface area (Å²) >= 11 is 0. The Morgan fingerprint density at radius 1 is 1.19 bits per heavy atom. The highest BCUT2D eigenvalue weighted by Gasteiger charge is 2.20. The van der Waals surface area contributed by atoms with Crippen LogP contribution in [-0.2, 0) is 13.1 Å². The first-order chi connectivity index (χ1) is 14.6. The standard InChI is InChI=1S/C23H31FN4O2.HI/c1-3-25-23(26-15-17-5-4-6-20(29)13-17)27-19-9-11-28(12-10-19)16-18-7-8-22(30-2)21(24)14-18;/h4-8,13-14,19,29H,3,9-12,15-16H2,1-2H3,(H2,25,26,27);1H. The van der Waals surface area contributed by atoms with Crippen molar-refractivity contribution in [3.05, 3.63) is 59.4 Å². The van der Waals surface area contributed by atoms with Gasteiger partial charge in [0, 0.05) is 32.2 Å². The van der Waals surface area contributed by atoms with Gasteiger partial charge in [0.1, 0.15) is 5.75 Å². The Balaban J connectivity index is 0.00000341. The summed E-state index contributed by atoms with van der Waals surface area (Å²) in [6.45, 7) is 5.95. The van der Waals surface area contributed by atoms with Gasteiger partial charge in [-0.3, -0.25) is 4.90 Å². The number of rotatable bonds is 7. The molecule has 1 fully saturated rings. The second-order valence-corrected chi connectivity index (χ2v) is 7.53. The number of halogens is 2. The summed E-state index contributed by atoms with van der Waals surface area (Å²) in [5, 5.41) is 16.4. The summed E-state index contributed by atoms with van der Waals surface area (Å²) in [6.07, 6.45) is 1.99. The van der Waals surface area contributed by atoms with Crippen LogP contribution in [0.2, 0.25) is 0 Å². The number of aromatic hydroxyl groups is 1. The second kappa shape index (κ2) is 12.7. The first-order valence-corrected chi connectivity index (χ1v) is 10.4. The van der Waals surface area contributed by atoms with Crippen molar-refractivity contribution < 1.29 is 14.2 Å². The number of guanidine groups is 1. The van der Waals surface area contributed by atoms with E-state index in [0.717, 1.165) is 56.1 Å². The average molecular weight is 542 g/mol. The lowest BCUT2D eigenvalue weighted by atomic mass is 10.0. The smallest absolute Gasteiger partial charge is 0.191 e. The molecule has 0 bridgehead atoms. The zero-order valence-electron chi connectivity index (χ0n) is 18.1. The fraction of sp³-hybridized carbons (Fsp3) is 0.435. The highest BCUT2D eigenvalue weighted by Crippen LogP contribution is 2.20. The quantitative estimate of drug-likeness (QED) is 0.282. The Hall–Kier alpha value is -2.07. The van der Waals surface area contributed by atoms with Crippen molar-refractivity contribution in [1.29, 1.82) is 0 Å². The Kier molecular flexibility index (Phi) is 10.3. The van der Waals surface area contributed by atoms with Crippen LogP contribution in [0.15, 0.2) is 47.5 Å². The van der Waals surface area contributed by atoms with E-state index in [4.69, 9.17) is 4.74 Å². The molecule has 6 nitrogen and oxygen atoms in total. The third-order valence-electron chi connectivity index (χ3n) is 5.23. The normalized spacial score (nSPS) is 15.3. The van der Waals surface area contributed by atoms with Crippen LogP contribution in [-0.4, -0.2) is 48.8 Å². The number of hydrogen-bond donors (Lipinski definition) is 3. The van der Waals surface area contributed by atoms with Gasteiger partial charge >= 0.3 is 0 Å². The Morgan fingerprint density at radius 2 is 1.97 bits per heavy atom. The highest BCUT2D eigenvalue weighted by atomic mass is 127. The van der Waals surface area contributed by atoms with Crippen molar-refractivity contribution in [2.75, 3.05) is 26.7 Å². The molecule has 3 N–H and O–H groups in total. The number of benzene rings is 2. The number of methoxy groups -OCH3 is 1. The molecule has 0 saturated carbocycles. The Bertz CT molecular complexity index is 857. The molecule has 3 rings (SSSR count). The summed E-state index contributed by atoms with van der Waals surface area (Å²) < 4.78 is 18.9. The van der Waals surface area contributed by atoms with E-state index < -0.39 is 0 Å². The van der Waals surface area contributed by atoms with E-state index in [1.807, 2.05) is 25.1 Å². The van der Waals surface area contributed by atoms with Crippen molar-refractivity contribution in [3.63, 3.8) is 0 Å². The maximum atomic E-state index is 13.9. The van der Waals surface area contributed by atoms with Gasteiger partial charge in [-0.1, -0.05) is 18.2 Å². The van der Waals surface area contributed by atoms with E-state index in [-0.39, 0.29) is 41.3 Å². The fourth-order valence-corrected chi connectivity index (χ4v) is 3.64. The molecule has 31 heavy (non-hydrogen) atoms. The van der Waals surface area contributed by atoms with E-state index in [0.29, 0.717) is 12.6 Å². The fourth-order valence-electron chi connectivity index (χ4n) is 3.64. The third kappa shape index (κ3) is 7.84. The molecule has 0 atom stereocenters. The number of nitrogens with zero attached hydrogens (tertiary/aromatic N) is 2. The second-order valence-electron chi connectivity index (χ2n) is 7.53. The molecule has 2 aromatic carbocycles. The molecule has 0 radical (unpaired) electrons. The zero-order valence-corrected chi connectivity index (χ0v) is 20.4. The van der Waals surface area contributed by atoms with Crippen LogP contribution in [0.1, 0.15) is 30.9 Å². The number of nitrogens with one attached hydrogen (secondary N) is 2. The predicted octanol–water partition coefficient (Wildman–Crippen LogP) is 3.88. The molecule has 1 heterocycles. The van der Waals surface area contributed by atoms with Crippen LogP contribution in [0.5, 0.6) is 11.5 Å². The minimum Gasteiger partial charge on any atom is -0.508 e. The molecule has 1 aliphatic heterocycles. The molecule has 0 aliphatic carbocycles. The van der Waals surface area contributed by atoms with Crippen LogP contribution in [0.4, 0.5) is 4.39 Å². The summed E-state index contributed by atoms with van der Waals surface area (Å²) in [5.41, 5.74) is 1.93. The number of likely N-dealkylation sites (tertiary alicyclic amines) is 1. The molecule has 1 saturated heterocycles. The number of piperidine rings is 1. The minimum absolute atomic E-state index is 0. The maximum absolute atomic E-state index is 13.9. The van der Waals surface area contributed by atoms with Gasteiger partial charge in [-0.05, 0) is 55.2 Å². The number of phenols is 1. The molecule has 8 heteroatoms. The lowest BCUT2D eigenvalue weighted by Gasteiger charge is -2.33. The van der Waals surface area contributed by atoms with E-state index in [1.165, 1.54) is 7.11 Å². The van der Waals surface area contributed by atoms with Gasteiger partial charge < -0.3 is 20.5 Å². The Morgan fingerprint density at radius 3 is 2.61 bits per heavy atom. The molecule has 1 aliphatic rings. The van der Waals surface area contributed by atoms with Crippen molar-refractivity contribution in [2.45, 2.75) is 38.9 Å². The summed E-state index contributed by atoms with van der Waals surface area (Å²) in [5.74, 6) is 1.01. The maximum Gasteiger partial charge on any atom is 0.191 e. The zero-order chi connectivity index (χ0) is 21.3. The predicted molar refractivity (Wildman–Crippen MR) is 133 cm³/mol. The molecular weight excluding hydrogens is 510 g/mol. The van der Waals surface area contributed by atoms with Crippen LogP contribution in [0.25, 0.3) is 0 Å². The van der Waals surface area contributed by atoms with Gasteiger partial charge in [0.25, 0.3) is 0 Å². The molecule has 0 unspecified atom stereocenters. The van der Waals surface area contributed by atoms with Crippen molar-refractivity contribution in [3.8, 4) is 11.5 Å². The first kappa shape index (κ1) is 25.2. The van der Waals surface area contributed by atoms with E-state index in [2.05, 4.69) is 20.5 Å². The van der Waals surface area contributed by atoms with Crippen molar-refractivity contribution in [1.82, 2.24) is 15.5 Å². The monoisotopic (exact) mass is 542 g/mol. The van der Waals surface area contributed by atoms with E-state index in [1.54, 1.807) is 24.3 Å². The van der Waals surface area contributed by atoms with Gasteiger partial charge in [-0.2, -0.15) is 0 Å². The summed E-state index contributed by atoms with van der Waals surface area (Å²) in [6, 6.07) is 12.7. The largest absolute Gasteiger partial charge is 0.508 e. The lowest BCUT2D eigenvalue weighted by Crippen LogP contribution is -2.48. The van der Waals surface area contributed by atoms with Crippen LogP contribution < -0.4 is 15.4 Å². The number of aliphatic imine (C=N–C) groups is 1. The lowest BCUT2D eigenvalue weighted by molar-refractivity contribution is 0.198. The number of hydrogen-bond acceptors (Lipinski definition) is 4. The SMILES string of the molecule is CCNC(=NCc1cccc(O)c1)NC1CCN(Cc2ccc(OC)c(F)c2)CC1.I. The molecule has 0 amide bonds. The van der Waals surface area contributed by atoms with Crippen LogP contribution in [0.3, 0.4) is 0 Å². The van der Waals surface area contributed by atoms with Crippen LogP contribution in [0, 0.1) is 5.82 Å². The molecule has 0 aromatic heterocycles.